The van der Waals surface area contributed by atoms with Crippen LogP contribution >= 0.6 is 0 Å². The Morgan fingerprint density at radius 3 is 2.04 bits per heavy atom. The number of esters is 1. The average Bonchev–Trinajstić information content (AvgIpc) is 2.60. The second-order valence-corrected chi connectivity index (χ2v) is 4.69. The summed E-state index contributed by atoms with van der Waals surface area (Å²) in [6, 6.07) is 18.6. The van der Waals surface area contributed by atoms with Crippen molar-refractivity contribution in [2.24, 2.45) is 0 Å². The van der Waals surface area contributed by atoms with Crippen LogP contribution in [-0.4, -0.2) is 19.0 Å². The van der Waals surface area contributed by atoms with E-state index >= 15 is 0 Å². The molecule has 0 fully saturated rings. The number of nitrogens with one attached hydrogen (secondary N) is 1. The van der Waals surface area contributed by atoms with E-state index in [0.717, 1.165) is 11.1 Å². The molecular weight excluding hydrogens is 290 g/mol. The first kappa shape index (κ1) is 16.2. The van der Waals surface area contributed by atoms with Gasteiger partial charge in [0, 0.05) is 6.08 Å². The molecule has 2 rings (SSSR count). The van der Waals surface area contributed by atoms with E-state index in [4.69, 9.17) is 4.74 Å². The van der Waals surface area contributed by atoms with E-state index < -0.39 is 11.9 Å². The van der Waals surface area contributed by atoms with Gasteiger partial charge in [-0.3, -0.25) is 4.79 Å². The topological polar surface area (TPSA) is 55.4 Å². The zero-order valence-corrected chi connectivity index (χ0v) is 12.7. The molecule has 0 unspecified atom stereocenters. The third kappa shape index (κ3) is 5.28. The number of carbonyl (C=O) groups excluding carboxylic acids is 2. The maximum absolute atomic E-state index is 12.0. The SMILES string of the molecule is COC(=O)/C(=C/c1ccccc1)NC(=O)/C=C/c1ccccc1. The number of rotatable bonds is 5. The summed E-state index contributed by atoms with van der Waals surface area (Å²) in [6.07, 6.45) is 4.62. The zero-order valence-electron chi connectivity index (χ0n) is 12.7. The smallest absolute Gasteiger partial charge is 0.354 e. The number of hydrogen-bond acceptors (Lipinski definition) is 3. The van der Waals surface area contributed by atoms with Gasteiger partial charge in [0.05, 0.1) is 7.11 Å². The van der Waals surface area contributed by atoms with Crippen LogP contribution in [0.15, 0.2) is 72.4 Å². The van der Waals surface area contributed by atoms with Crippen LogP contribution in [0.5, 0.6) is 0 Å². The normalized spacial score (nSPS) is 11.3. The number of hydrogen-bond donors (Lipinski definition) is 1. The van der Waals surface area contributed by atoms with Crippen LogP contribution in [0.4, 0.5) is 0 Å². The average molecular weight is 307 g/mol. The maximum Gasteiger partial charge on any atom is 0.354 e. The van der Waals surface area contributed by atoms with Crippen molar-refractivity contribution in [2.75, 3.05) is 7.11 Å². The van der Waals surface area contributed by atoms with Crippen molar-refractivity contribution in [2.45, 2.75) is 0 Å². The molecule has 0 aliphatic rings. The molecule has 4 heteroatoms. The largest absolute Gasteiger partial charge is 0.464 e. The molecule has 1 N–H and O–H groups in total. The fourth-order valence-corrected chi connectivity index (χ4v) is 1.88. The number of methoxy groups -OCH3 is 1. The lowest BCUT2D eigenvalue weighted by atomic mass is 10.2. The highest BCUT2D eigenvalue weighted by atomic mass is 16.5. The minimum atomic E-state index is -0.602. The molecule has 0 saturated heterocycles. The quantitative estimate of drug-likeness (QED) is 0.682. The highest BCUT2D eigenvalue weighted by Crippen LogP contribution is 2.06. The maximum atomic E-state index is 12.0. The van der Waals surface area contributed by atoms with E-state index in [9.17, 15) is 9.59 Å². The van der Waals surface area contributed by atoms with Gasteiger partial charge in [-0.15, -0.1) is 0 Å². The first-order valence-electron chi connectivity index (χ1n) is 7.08. The van der Waals surface area contributed by atoms with E-state index in [2.05, 4.69) is 5.32 Å². The molecule has 0 spiro atoms. The second kappa shape index (κ2) is 8.34. The standard InChI is InChI=1S/C19H17NO3/c1-23-19(22)17(14-16-10-6-3-7-11-16)20-18(21)13-12-15-8-4-2-5-9-15/h2-14H,1H3,(H,20,21)/b13-12+,17-14-. The molecule has 4 nitrogen and oxygen atoms in total. The molecule has 0 aliphatic heterocycles. The first-order chi connectivity index (χ1) is 11.2. The van der Waals surface area contributed by atoms with Crippen molar-refractivity contribution in [1.29, 1.82) is 0 Å². The van der Waals surface area contributed by atoms with Gasteiger partial charge in [0.1, 0.15) is 5.70 Å². The highest BCUT2D eigenvalue weighted by Gasteiger charge is 2.11. The molecule has 2 aromatic carbocycles. The summed E-state index contributed by atoms with van der Waals surface area (Å²) < 4.78 is 4.70. The Labute approximate surface area is 135 Å². The highest BCUT2D eigenvalue weighted by molar-refractivity contribution is 6.02. The third-order valence-electron chi connectivity index (χ3n) is 3.00. The van der Waals surface area contributed by atoms with Crippen LogP contribution < -0.4 is 5.32 Å². The molecular formula is C19H17NO3. The summed E-state index contributed by atoms with van der Waals surface area (Å²) in [5.41, 5.74) is 1.77. The monoisotopic (exact) mass is 307 g/mol. The molecule has 2 aromatic rings. The lowest BCUT2D eigenvalue weighted by molar-refractivity contribution is -0.137. The predicted octanol–water partition coefficient (Wildman–Crippen LogP) is 3.03. The van der Waals surface area contributed by atoms with E-state index in [-0.39, 0.29) is 5.70 Å². The minimum absolute atomic E-state index is 0.0846. The fraction of sp³-hybridized carbons (Fsp3) is 0.0526. The summed E-state index contributed by atoms with van der Waals surface area (Å²) in [6.45, 7) is 0. The molecule has 116 valence electrons. The molecule has 0 bridgehead atoms. The van der Waals surface area contributed by atoms with Crippen LogP contribution in [0.3, 0.4) is 0 Å². The lowest BCUT2D eigenvalue weighted by Gasteiger charge is -2.06. The summed E-state index contributed by atoms with van der Waals surface area (Å²) in [4.78, 5) is 23.8. The van der Waals surface area contributed by atoms with Crippen LogP contribution in [0.1, 0.15) is 11.1 Å². The Kier molecular flexibility index (Phi) is 5.89. The number of amides is 1. The van der Waals surface area contributed by atoms with Gasteiger partial charge in [-0.05, 0) is 23.3 Å². The Bertz CT molecular complexity index is 719. The molecule has 0 aromatic heterocycles. The molecule has 23 heavy (non-hydrogen) atoms. The molecule has 0 saturated carbocycles. The summed E-state index contributed by atoms with van der Waals surface area (Å²) in [7, 11) is 1.27. The predicted molar refractivity (Wildman–Crippen MR) is 90.1 cm³/mol. The van der Waals surface area contributed by atoms with Gasteiger partial charge in [-0.2, -0.15) is 0 Å². The fourth-order valence-electron chi connectivity index (χ4n) is 1.88. The summed E-state index contributed by atoms with van der Waals surface area (Å²) >= 11 is 0. The van der Waals surface area contributed by atoms with Crippen molar-refractivity contribution >= 4 is 24.0 Å². The molecule has 1 amide bonds. The third-order valence-corrected chi connectivity index (χ3v) is 3.00. The Morgan fingerprint density at radius 2 is 1.48 bits per heavy atom. The van der Waals surface area contributed by atoms with Gasteiger partial charge < -0.3 is 10.1 Å². The van der Waals surface area contributed by atoms with Crippen LogP contribution in [0, 0.1) is 0 Å². The van der Waals surface area contributed by atoms with Gasteiger partial charge in [-0.1, -0.05) is 60.7 Å². The number of benzene rings is 2. The Hall–Kier alpha value is -3.14. The van der Waals surface area contributed by atoms with Gasteiger partial charge in [0.2, 0.25) is 5.91 Å². The van der Waals surface area contributed by atoms with Crippen molar-refractivity contribution in [1.82, 2.24) is 5.32 Å². The Morgan fingerprint density at radius 1 is 0.913 bits per heavy atom. The molecule has 0 heterocycles. The lowest BCUT2D eigenvalue weighted by Crippen LogP contribution is -2.26. The number of carbonyl (C=O) groups is 2. The second-order valence-electron chi connectivity index (χ2n) is 4.69. The summed E-state index contributed by atoms with van der Waals surface area (Å²) in [5, 5.41) is 2.55. The van der Waals surface area contributed by atoms with Gasteiger partial charge in [0.15, 0.2) is 0 Å². The van der Waals surface area contributed by atoms with E-state index in [1.54, 1.807) is 12.2 Å². The molecule has 0 radical (unpaired) electrons. The van der Waals surface area contributed by atoms with Crippen molar-refractivity contribution in [3.05, 3.63) is 83.6 Å². The molecule has 0 aliphatic carbocycles. The van der Waals surface area contributed by atoms with E-state index in [0.29, 0.717) is 0 Å². The Balaban J connectivity index is 2.12. The van der Waals surface area contributed by atoms with Gasteiger partial charge in [0.25, 0.3) is 0 Å². The van der Waals surface area contributed by atoms with Gasteiger partial charge >= 0.3 is 5.97 Å². The van der Waals surface area contributed by atoms with E-state index in [1.807, 2.05) is 60.7 Å². The van der Waals surface area contributed by atoms with Crippen LogP contribution in [-0.2, 0) is 14.3 Å². The summed E-state index contributed by atoms with van der Waals surface area (Å²) in [5.74, 6) is -1.00. The van der Waals surface area contributed by atoms with Crippen molar-refractivity contribution in [3.63, 3.8) is 0 Å². The zero-order chi connectivity index (χ0) is 16.5. The van der Waals surface area contributed by atoms with Crippen LogP contribution in [0.2, 0.25) is 0 Å². The minimum Gasteiger partial charge on any atom is -0.464 e. The van der Waals surface area contributed by atoms with Crippen molar-refractivity contribution in [3.8, 4) is 0 Å². The van der Waals surface area contributed by atoms with Crippen molar-refractivity contribution < 1.29 is 14.3 Å². The van der Waals surface area contributed by atoms with Crippen LogP contribution in [0.25, 0.3) is 12.2 Å². The number of ether oxygens (including phenoxy) is 1. The first-order valence-corrected chi connectivity index (χ1v) is 7.08. The van der Waals surface area contributed by atoms with E-state index in [1.165, 1.54) is 13.2 Å². The van der Waals surface area contributed by atoms with Gasteiger partial charge in [-0.25, -0.2) is 4.79 Å². The molecule has 0 atom stereocenters.